The highest BCUT2D eigenvalue weighted by Gasteiger charge is 2.42. The lowest BCUT2D eigenvalue weighted by Crippen LogP contribution is -2.48. The van der Waals surface area contributed by atoms with Gasteiger partial charge in [-0.2, -0.15) is 4.72 Å². The molecule has 0 saturated carbocycles. The zero-order valence-electron chi connectivity index (χ0n) is 21.3. The van der Waals surface area contributed by atoms with Gasteiger partial charge in [-0.05, 0) is 48.4 Å². The van der Waals surface area contributed by atoms with Crippen molar-refractivity contribution in [2.45, 2.75) is 48.3 Å². The van der Waals surface area contributed by atoms with Crippen molar-refractivity contribution in [2.75, 3.05) is 30.3 Å². The Morgan fingerprint density at radius 2 is 1.98 bits per heavy atom. The van der Waals surface area contributed by atoms with Crippen molar-refractivity contribution in [1.29, 1.82) is 0 Å². The van der Waals surface area contributed by atoms with Crippen molar-refractivity contribution in [3.8, 4) is 5.75 Å². The second-order valence-electron chi connectivity index (χ2n) is 9.63. The van der Waals surface area contributed by atoms with Gasteiger partial charge >= 0.3 is 12.3 Å². The van der Waals surface area contributed by atoms with Gasteiger partial charge in [0.15, 0.2) is 9.34 Å². The minimum Gasteiger partial charge on any atom is -0.480 e. The standard InChI is InChI=1S/C24H25F3N6O6S2/c25-24(26,27)39-18-11-15-13(3-5-29-20(15)28)9-14(18)10-17(22(35)36)33-8-4-16(21(33)34)31-41(37,38)19-12-30-23(40-19)32-6-1-2-7-32/h3,5,9,11-12,16-17,31H,1-2,4,6-8,10H2,(H2,28,29)(H,35,36)/t16-,17?/m0/s1. The Hall–Kier alpha value is -3.70. The van der Waals surface area contributed by atoms with E-state index in [4.69, 9.17) is 5.73 Å². The molecule has 2 fully saturated rings. The Kier molecular flexibility index (Phi) is 7.69. The quantitative estimate of drug-likeness (QED) is 0.325. The van der Waals surface area contributed by atoms with E-state index in [0.29, 0.717) is 10.5 Å². The summed E-state index contributed by atoms with van der Waals surface area (Å²) in [7, 11) is -4.15. The van der Waals surface area contributed by atoms with Crippen LogP contribution in [0.25, 0.3) is 10.8 Å². The van der Waals surface area contributed by atoms with Crippen molar-refractivity contribution < 1.29 is 41.0 Å². The number of carboxylic acids is 1. The molecule has 2 saturated heterocycles. The number of aromatic nitrogens is 2. The molecule has 0 aliphatic carbocycles. The van der Waals surface area contributed by atoms with Crippen LogP contribution in [0, 0.1) is 0 Å². The molecule has 17 heteroatoms. The van der Waals surface area contributed by atoms with E-state index in [1.165, 1.54) is 24.5 Å². The van der Waals surface area contributed by atoms with Crippen LogP contribution in [0.2, 0.25) is 0 Å². The lowest BCUT2D eigenvalue weighted by Gasteiger charge is -2.26. The zero-order chi connectivity index (χ0) is 29.5. The largest absolute Gasteiger partial charge is 0.573 e. The summed E-state index contributed by atoms with van der Waals surface area (Å²) in [5.74, 6) is -3.02. The Labute approximate surface area is 236 Å². The number of hydrogen-bond donors (Lipinski definition) is 3. The number of nitrogen functional groups attached to an aromatic ring is 1. The minimum atomic E-state index is -5.09. The van der Waals surface area contributed by atoms with Crippen molar-refractivity contribution in [1.82, 2.24) is 19.6 Å². The zero-order valence-corrected chi connectivity index (χ0v) is 22.9. The molecule has 0 bridgehead atoms. The number of amides is 1. The molecule has 0 spiro atoms. The first kappa shape index (κ1) is 28.8. The third-order valence-corrected chi connectivity index (χ3v) is 9.92. The first-order chi connectivity index (χ1) is 19.3. The maximum Gasteiger partial charge on any atom is 0.573 e. The number of ether oxygens (including phenoxy) is 1. The molecule has 4 heterocycles. The fraction of sp³-hybridized carbons (Fsp3) is 0.417. The second-order valence-corrected chi connectivity index (χ2v) is 12.6. The molecular formula is C24H25F3N6O6S2. The number of carbonyl (C=O) groups excluding carboxylic acids is 1. The van der Waals surface area contributed by atoms with Crippen molar-refractivity contribution in [3.63, 3.8) is 0 Å². The molecule has 220 valence electrons. The fourth-order valence-electron chi connectivity index (χ4n) is 4.98. The normalized spacial score (nSPS) is 18.8. The van der Waals surface area contributed by atoms with Crippen LogP contribution in [-0.2, 0) is 26.0 Å². The lowest BCUT2D eigenvalue weighted by atomic mass is 10.00. The number of fused-ring (bicyclic) bond motifs is 1. The molecule has 3 aromatic rings. The summed E-state index contributed by atoms with van der Waals surface area (Å²) in [5.41, 5.74) is 5.65. The minimum absolute atomic E-state index is 0.0362. The van der Waals surface area contributed by atoms with Gasteiger partial charge < -0.3 is 25.4 Å². The van der Waals surface area contributed by atoms with Gasteiger partial charge in [-0.3, -0.25) is 4.79 Å². The Balaban J connectivity index is 1.37. The third kappa shape index (κ3) is 6.15. The van der Waals surface area contributed by atoms with Crippen LogP contribution < -0.4 is 20.1 Å². The molecular weight excluding hydrogens is 589 g/mol. The van der Waals surface area contributed by atoms with Gasteiger partial charge in [0.2, 0.25) is 5.91 Å². The Bertz CT molecular complexity index is 1590. The number of carboxylic acid groups (broad SMARTS) is 1. The van der Waals surface area contributed by atoms with Crippen LogP contribution in [-0.4, -0.2) is 78.3 Å². The van der Waals surface area contributed by atoms with Gasteiger partial charge in [-0.15, -0.1) is 13.2 Å². The van der Waals surface area contributed by atoms with E-state index in [0.717, 1.165) is 48.2 Å². The smallest absolute Gasteiger partial charge is 0.480 e. The number of hydrogen-bond acceptors (Lipinski definition) is 10. The van der Waals surface area contributed by atoms with E-state index in [1.54, 1.807) is 0 Å². The van der Waals surface area contributed by atoms with E-state index in [2.05, 4.69) is 19.4 Å². The maximum atomic E-state index is 13.2. The number of alkyl halides is 3. The molecule has 2 aliphatic rings. The Morgan fingerprint density at radius 1 is 1.24 bits per heavy atom. The summed E-state index contributed by atoms with van der Waals surface area (Å²) in [6, 6.07) is 0.949. The van der Waals surface area contributed by atoms with Crippen LogP contribution in [0.1, 0.15) is 24.8 Å². The summed E-state index contributed by atoms with van der Waals surface area (Å²) < 4.78 is 72.0. The number of pyridine rings is 1. The van der Waals surface area contributed by atoms with Gasteiger partial charge in [0, 0.05) is 37.6 Å². The van der Waals surface area contributed by atoms with Gasteiger partial charge in [-0.1, -0.05) is 11.3 Å². The molecule has 4 N–H and O–H groups in total. The number of sulfonamides is 1. The number of aliphatic carboxylic acids is 1. The molecule has 0 radical (unpaired) electrons. The van der Waals surface area contributed by atoms with E-state index in [-0.39, 0.29) is 33.9 Å². The highest BCUT2D eigenvalue weighted by Crippen LogP contribution is 2.34. The first-order valence-electron chi connectivity index (χ1n) is 12.5. The fourth-order valence-corrected chi connectivity index (χ4v) is 7.39. The highest BCUT2D eigenvalue weighted by atomic mass is 32.2. The topological polar surface area (TPSA) is 168 Å². The molecule has 2 aromatic heterocycles. The predicted molar refractivity (Wildman–Crippen MR) is 142 cm³/mol. The van der Waals surface area contributed by atoms with Crippen LogP contribution in [0.3, 0.4) is 0 Å². The average molecular weight is 615 g/mol. The van der Waals surface area contributed by atoms with E-state index < -0.39 is 52.5 Å². The number of nitrogens with zero attached hydrogens (tertiary/aromatic N) is 4. The summed E-state index contributed by atoms with van der Waals surface area (Å²) in [5, 5.41) is 11.1. The van der Waals surface area contributed by atoms with E-state index in [9.17, 15) is 36.3 Å². The Morgan fingerprint density at radius 3 is 2.66 bits per heavy atom. The summed E-state index contributed by atoms with van der Waals surface area (Å²) in [6.07, 6.45) is -1.16. The van der Waals surface area contributed by atoms with Crippen molar-refractivity contribution in [2.24, 2.45) is 0 Å². The number of thiazole rings is 1. The number of rotatable bonds is 9. The molecule has 2 aliphatic heterocycles. The summed E-state index contributed by atoms with van der Waals surface area (Å²) in [4.78, 5) is 36.4. The number of likely N-dealkylation sites (tertiary alicyclic amines) is 1. The van der Waals surface area contributed by atoms with Crippen LogP contribution in [0.5, 0.6) is 5.75 Å². The van der Waals surface area contributed by atoms with Gasteiger partial charge in [0.05, 0.1) is 6.20 Å². The van der Waals surface area contributed by atoms with Crippen LogP contribution >= 0.6 is 11.3 Å². The van der Waals surface area contributed by atoms with Gasteiger partial charge in [0.1, 0.15) is 23.7 Å². The van der Waals surface area contributed by atoms with Crippen LogP contribution in [0.4, 0.5) is 24.1 Å². The average Bonchev–Trinajstić information content (AvgIpc) is 3.65. The van der Waals surface area contributed by atoms with E-state index in [1.807, 2.05) is 4.90 Å². The molecule has 5 rings (SSSR count). The SMILES string of the molecule is Nc1nccc2cc(CC(C(=O)O)N3CC[C@H](NS(=O)(=O)c4cnc(N5CCCC5)s4)C3=O)c(OC(F)(F)F)cc12. The maximum absolute atomic E-state index is 13.2. The number of anilines is 2. The molecule has 12 nitrogen and oxygen atoms in total. The lowest BCUT2D eigenvalue weighted by molar-refractivity contribution is -0.274. The second kappa shape index (κ2) is 10.9. The number of nitrogens with one attached hydrogen (secondary N) is 1. The predicted octanol–water partition coefficient (Wildman–Crippen LogP) is 2.35. The molecule has 1 unspecified atom stereocenters. The van der Waals surface area contributed by atoms with E-state index >= 15 is 0 Å². The van der Waals surface area contributed by atoms with Crippen molar-refractivity contribution >= 4 is 55.0 Å². The van der Waals surface area contributed by atoms with Gasteiger partial charge in [-0.25, -0.2) is 23.2 Å². The first-order valence-corrected chi connectivity index (χ1v) is 14.8. The molecule has 1 aromatic carbocycles. The summed E-state index contributed by atoms with van der Waals surface area (Å²) in [6.45, 7) is 1.40. The van der Waals surface area contributed by atoms with Gasteiger partial charge in [0.25, 0.3) is 10.0 Å². The molecule has 41 heavy (non-hydrogen) atoms. The third-order valence-electron chi connectivity index (χ3n) is 6.93. The van der Waals surface area contributed by atoms with Crippen LogP contribution in [0.15, 0.2) is 34.8 Å². The number of halogens is 3. The van der Waals surface area contributed by atoms with Crippen molar-refractivity contribution in [3.05, 3.63) is 36.2 Å². The number of nitrogens with two attached hydrogens (primary N) is 1. The summed E-state index contributed by atoms with van der Waals surface area (Å²) >= 11 is 0.970. The highest BCUT2D eigenvalue weighted by molar-refractivity contribution is 7.91. The molecule has 2 atom stereocenters. The molecule has 1 amide bonds. The monoisotopic (exact) mass is 614 g/mol. The number of carbonyl (C=O) groups is 2. The number of benzene rings is 1.